The molecular weight excluding hydrogens is 383 g/mol. The molecule has 0 spiro atoms. The van der Waals surface area contributed by atoms with Crippen molar-refractivity contribution in [2.75, 3.05) is 13.2 Å². The minimum absolute atomic E-state index is 0.204. The smallest absolute Gasteiger partial charge is 0.406 e. The van der Waals surface area contributed by atoms with Crippen molar-refractivity contribution in [3.63, 3.8) is 0 Å². The minimum atomic E-state index is -4.72. The first-order valence-electron chi connectivity index (χ1n) is 8.16. The topological polar surface area (TPSA) is 56.8 Å². The van der Waals surface area contributed by atoms with Crippen LogP contribution in [0, 0.1) is 0 Å². The van der Waals surface area contributed by atoms with Gasteiger partial charge < -0.3 is 19.5 Å². The molecule has 146 valence electrons. The number of halogens is 3. The average molecular weight is 401 g/mol. The lowest BCUT2D eigenvalue weighted by Gasteiger charge is -2.17. The molecule has 1 saturated heterocycles. The van der Waals surface area contributed by atoms with Gasteiger partial charge in [0, 0.05) is 6.54 Å². The van der Waals surface area contributed by atoms with Crippen LogP contribution in [0.15, 0.2) is 35.7 Å². The van der Waals surface area contributed by atoms with Gasteiger partial charge in [-0.2, -0.15) is 0 Å². The van der Waals surface area contributed by atoms with Gasteiger partial charge in [-0.3, -0.25) is 4.79 Å². The molecule has 1 aliphatic heterocycles. The normalized spacial score (nSPS) is 19.1. The summed E-state index contributed by atoms with van der Waals surface area (Å²) in [6, 6.07) is 7.18. The van der Waals surface area contributed by atoms with E-state index in [0.29, 0.717) is 23.6 Å². The van der Waals surface area contributed by atoms with E-state index in [9.17, 15) is 18.0 Å². The zero-order valence-corrected chi connectivity index (χ0v) is 15.4. The zero-order valence-electron chi connectivity index (χ0n) is 14.6. The summed E-state index contributed by atoms with van der Waals surface area (Å²) in [5, 5.41) is 4.57. The molecule has 27 heavy (non-hydrogen) atoms. The fraction of sp³-hybridized carbons (Fsp3) is 0.389. The van der Waals surface area contributed by atoms with Gasteiger partial charge in [0.1, 0.15) is 11.9 Å². The number of carbonyl (C=O) groups excluding carboxylic acids is 1. The van der Waals surface area contributed by atoms with Crippen molar-refractivity contribution in [1.29, 1.82) is 0 Å². The van der Waals surface area contributed by atoms with E-state index in [4.69, 9.17) is 9.47 Å². The number of nitrogens with one attached hydrogen (secondary N) is 1. The first-order chi connectivity index (χ1) is 12.6. The molecule has 1 aliphatic rings. The molecule has 0 radical (unpaired) electrons. The van der Waals surface area contributed by atoms with Gasteiger partial charge in [0.15, 0.2) is 5.79 Å². The first kappa shape index (κ1) is 19.7. The lowest BCUT2D eigenvalue weighted by Crippen LogP contribution is -2.34. The predicted molar refractivity (Wildman–Crippen MR) is 93.7 cm³/mol. The molecule has 1 aromatic heterocycles. The van der Waals surface area contributed by atoms with Crippen LogP contribution < -0.4 is 10.1 Å². The van der Waals surface area contributed by atoms with Crippen LogP contribution in [0.3, 0.4) is 0 Å². The first-order valence-corrected chi connectivity index (χ1v) is 9.04. The lowest BCUT2D eigenvalue weighted by atomic mass is 10.1. The number of benzene rings is 1. The van der Waals surface area contributed by atoms with E-state index in [1.165, 1.54) is 35.6 Å². The van der Waals surface area contributed by atoms with Gasteiger partial charge in [-0.25, -0.2) is 0 Å². The second-order valence-corrected chi connectivity index (χ2v) is 7.34. The Morgan fingerprint density at radius 2 is 2.00 bits per heavy atom. The second-order valence-electron chi connectivity index (χ2n) is 6.43. The molecule has 1 unspecified atom stereocenters. The number of thiophene rings is 1. The lowest BCUT2D eigenvalue weighted by molar-refractivity contribution is -0.274. The molecule has 0 aliphatic carbocycles. The van der Waals surface area contributed by atoms with Crippen LogP contribution in [-0.2, 0) is 9.47 Å². The van der Waals surface area contributed by atoms with E-state index in [1.54, 1.807) is 11.4 Å². The molecule has 0 saturated carbocycles. The van der Waals surface area contributed by atoms with Gasteiger partial charge in [0.25, 0.3) is 5.91 Å². The summed E-state index contributed by atoms with van der Waals surface area (Å²) < 4.78 is 51.5. The Morgan fingerprint density at radius 1 is 1.30 bits per heavy atom. The number of amides is 1. The third kappa shape index (κ3) is 5.44. The molecule has 1 aromatic carbocycles. The van der Waals surface area contributed by atoms with Crippen molar-refractivity contribution in [1.82, 2.24) is 5.32 Å². The van der Waals surface area contributed by atoms with E-state index >= 15 is 0 Å². The van der Waals surface area contributed by atoms with Crippen molar-refractivity contribution in [2.24, 2.45) is 0 Å². The van der Waals surface area contributed by atoms with Crippen molar-refractivity contribution in [2.45, 2.75) is 32.1 Å². The summed E-state index contributed by atoms with van der Waals surface area (Å²) in [6.07, 6.45) is -4.93. The monoisotopic (exact) mass is 401 g/mol. The molecule has 3 rings (SSSR count). The Bertz CT molecular complexity index is 802. The average Bonchev–Trinajstić information content (AvgIpc) is 3.18. The molecule has 9 heteroatoms. The molecule has 2 aromatic rings. The van der Waals surface area contributed by atoms with Crippen LogP contribution in [-0.4, -0.2) is 37.3 Å². The standard InChI is InChI=1S/C18H18F3NO4S/c1-17(2)24-9-14(25-17)8-22-16(23)15-7-12(10-27-15)11-3-5-13(6-4-11)26-18(19,20)21/h3-7,10,14H,8-9H2,1-2H3,(H,22,23). The van der Waals surface area contributed by atoms with Gasteiger partial charge in [-0.05, 0) is 48.6 Å². The summed E-state index contributed by atoms with van der Waals surface area (Å²) in [4.78, 5) is 12.8. The molecule has 1 atom stereocenters. The number of hydrogen-bond donors (Lipinski definition) is 1. The van der Waals surface area contributed by atoms with Crippen LogP contribution in [0.2, 0.25) is 0 Å². The summed E-state index contributed by atoms with van der Waals surface area (Å²) in [5.41, 5.74) is 1.43. The molecular formula is C18H18F3NO4S. The highest BCUT2D eigenvalue weighted by Gasteiger charge is 2.33. The molecule has 1 N–H and O–H groups in total. The maximum Gasteiger partial charge on any atom is 0.573 e. The molecule has 0 bridgehead atoms. The highest BCUT2D eigenvalue weighted by atomic mass is 32.1. The Morgan fingerprint density at radius 3 is 2.59 bits per heavy atom. The van der Waals surface area contributed by atoms with E-state index in [1.807, 2.05) is 13.8 Å². The molecule has 5 nitrogen and oxygen atoms in total. The maximum absolute atomic E-state index is 12.3. The van der Waals surface area contributed by atoms with E-state index in [-0.39, 0.29) is 17.8 Å². The molecule has 1 fully saturated rings. The van der Waals surface area contributed by atoms with Gasteiger partial charge in [-0.15, -0.1) is 24.5 Å². The van der Waals surface area contributed by atoms with Crippen LogP contribution in [0.25, 0.3) is 11.1 Å². The molecule has 2 heterocycles. The van der Waals surface area contributed by atoms with Gasteiger partial charge in [0.2, 0.25) is 0 Å². The quantitative estimate of drug-likeness (QED) is 0.816. The summed E-state index contributed by atoms with van der Waals surface area (Å²) in [5.74, 6) is -1.18. The summed E-state index contributed by atoms with van der Waals surface area (Å²) in [6.45, 7) is 4.37. The fourth-order valence-corrected chi connectivity index (χ4v) is 3.45. The Kier molecular flexibility index (Phi) is 5.45. The highest BCUT2D eigenvalue weighted by Crippen LogP contribution is 2.29. The minimum Gasteiger partial charge on any atom is -0.406 e. The number of rotatable bonds is 5. The summed E-state index contributed by atoms with van der Waals surface area (Å²) >= 11 is 1.25. The third-order valence-electron chi connectivity index (χ3n) is 3.80. The molecule has 1 amide bonds. The van der Waals surface area contributed by atoms with E-state index in [0.717, 1.165) is 5.56 Å². The third-order valence-corrected chi connectivity index (χ3v) is 4.73. The van der Waals surface area contributed by atoms with Gasteiger partial charge >= 0.3 is 6.36 Å². The van der Waals surface area contributed by atoms with Crippen molar-refractivity contribution < 1.29 is 32.2 Å². The van der Waals surface area contributed by atoms with Crippen LogP contribution in [0.1, 0.15) is 23.5 Å². The van der Waals surface area contributed by atoms with Gasteiger partial charge in [0.05, 0.1) is 11.5 Å². The number of ether oxygens (including phenoxy) is 3. The van der Waals surface area contributed by atoms with Crippen LogP contribution in [0.5, 0.6) is 5.75 Å². The van der Waals surface area contributed by atoms with Crippen LogP contribution in [0.4, 0.5) is 13.2 Å². The zero-order chi connectivity index (χ0) is 19.7. The number of carbonyl (C=O) groups is 1. The van der Waals surface area contributed by atoms with Crippen molar-refractivity contribution >= 4 is 17.2 Å². The predicted octanol–water partition coefficient (Wildman–Crippen LogP) is 4.20. The van der Waals surface area contributed by atoms with Crippen LogP contribution >= 0.6 is 11.3 Å². The Balaban J connectivity index is 1.58. The van der Waals surface area contributed by atoms with Crippen molar-refractivity contribution in [3.8, 4) is 16.9 Å². The van der Waals surface area contributed by atoms with Crippen molar-refractivity contribution in [3.05, 3.63) is 40.6 Å². The SMILES string of the molecule is CC1(C)OCC(CNC(=O)c2cc(-c3ccc(OC(F)(F)F)cc3)cs2)O1. The Hall–Kier alpha value is -2.10. The number of alkyl halides is 3. The highest BCUT2D eigenvalue weighted by molar-refractivity contribution is 7.12. The Labute approximate surface area is 158 Å². The second kappa shape index (κ2) is 7.49. The summed E-state index contributed by atoms with van der Waals surface area (Å²) in [7, 11) is 0. The number of hydrogen-bond acceptors (Lipinski definition) is 5. The maximum atomic E-state index is 12.3. The van der Waals surface area contributed by atoms with E-state index < -0.39 is 12.1 Å². The van der Waals surface area contributed by atoms with Gasteiger partial charge in [-0.1, -0.05) is 12.1 Å². The fourth-order valence-electron chi connectivity index (χ4n) is 2.61. The van der Waals surface area contributed by atoms with E-state index in [2.05, 4.69) is 10.1 Å². The largest absolute Gasteiger partial charge is 0.573 e.